The quantitative estimate of drug-likeness (QED) is 0.617. The van der Waals surface area contributed by atoms with E-state index in [-0.39, 0.29) is 0 Å². The fraction of sp³-hybridized carbons (Fsp3) is 1.00. The summed E-state index contributed by atoms with van der Waals surface area (Å²) < 4.78 is 4.82. The van der Waals surface area contributed by atoms with E-state index in [2.05, 4.69) is 58.1 Å². The normalized spacial score (nSPS) is 13.5. The summed E-state index contributed by atoms with van der Waals surface area (Å²) in [6, 6.07) is 1.34. The smallest absolute Gasteiger partial charge is 0.189 e. The molecule has 0 aliphatic rings. The predicted octanol–water partition coefficient (Wildman–Crippen LogP) is 1.38. The lowest BCUT2D eigenvalue weighted by molar-refractivity contribution is 0.417. The first kappa shape index (κ1) is 12.1. The van der Waals surface area contributed by atoms with Gasteiger partial charge in [-0.2, -0.15) is 0 Å². The molecule has 0 fully saturated rings. The molecule has 0 heterocycles. The summed E-state index contributed by atoms with van der Waals surface area (Å²) in [5.41, 5.74) is 0.464. The van der Waals surface area contributed by atoms with Gasteiger partial charge in [-0.05, 0) is 39.6 Å². The molecule has 2 nitrogen and oxygen atoms in total. The largest absolute Gasteiger partial charge is 0.320 e. The van der Waals surface area contributed by atoms with E-state index in [4.69, 9.17) is 0 Å². The summed E-state index contributed by atoms with van der Waals surface area (Å²) in [5.74, 6) is 0. The highest BCUT2D eigenvalue weighted by atomic mass is 28.3. The fourth-order valence-corrected chi connectivity index (χ4v) is 4.12. The first-order chi connectivity index (χ1) is 5.24. The highest BCUT2D eigenvalue weighted by Crippen LogP contribution is 2.22. The molecule has 0 saturated carbocycles. The van der Waals surface area contributed by atoms with Gasteiger partial charge in [0.25, 0.3) is 0 Å². The van der Waals surface area contributed by atoms with Crippen LogP contribution in [0.5, 0.6) is 0 Å². The van der Waals surface area contributed by atoms with Gasteiger partial charge in [0, 0.05) is 0 Å². The number of rotatable bonds is 3. The van der Waals surface area contributed by atoms with Crippen molar-refractivity contribution in [2.75, 3.05) is 28.2 Å². The van der Waals surface area contributed by atoms with Crippen LogP contribution in [-0.4, -0.2) is 46.4 Å². The average Bonchev–Trinajstić information content (AvgIpc) is 1.79. The Hall–Kier alpha value is 0.137. The van der Waals surface area contributed by atoms with Crippen molar-refractivity contribution < 1.29 is 0 Å². The monoisotopic (exact) mass is 188 g/mol. The second-order valence-electron chi connectivity index (χ2n) is 5.17. The Labute approximate surface area is 79.3 Å². The molecule has 0 aromatic carbocycles. The molecule has 0 unspecified atom stereocenters. The Balaban J connectivity index is 4.15. The Bertz CT molecular complexity index is 119. The minimum atomic E-state index is -0.839. The van der Waals surface area contributed by atoms with Crippen LogP contribution in [0.15, 0.2) is 0 Å². The lowest BCUT2D eigenvalue weighted by Gasteiger charge is -2.33. The van der Waals surface area contributed by atoms with Crippen LogP contribution >= 0.6 is 0 Å². The van der Waals surface area contributed by atoms with Crippen LogP contribution in [0, 0.1) is 5.41 Å². The molecule has 74 valence electrons. The van der Waals surface area contributed by atoms with Crippen molar-refractivity contribution in [2.45, 2.75) is 26.8 Å². The predicted molar refractivity (Wildman–Crippen MR) is 58.8 cm³/mol. The van der Waals surface area contributed by atoms with Crippen LogP contribution in [-0.2, 0) is 0 Å². The molecule has 0 aromatic rings. The van der Waals surface area contributed by atoms with E-state index in [1.165, 1.54) is 6.04 Å². The van der Waals surface area contributed by atoms with Crippen LogP contribution in [0.1, 0.15) is 20.8 Å². The van der Waals surface area contributed by atoms with Gasteiger partial charge in [-0.15, -0.1) is 0 Å². The summed E-state index contributed by atoms with van der Waals surface area (Å²) >= 11 is 0. The molecule has 0 saturated heterocycles. The van der Waals surface area contributed by atoms with Crippen molar-refractivity contribution in [2.24, 2.45) is 5.41 Å². The molecule has 0 N–H and O–H groups in total. The molecule has 0 aliphatic carbocycles. The van der Waals surface area contributed by atoms with Crippen molar-refractivity contribution in [1.29, 1.82) is 0 Å². The van der Waals surface area contributed by atoms with E-state index in [9.17, 15) is 0 Å². The van der Waals surface area contributed by atoms with Gasteiger partial charge in [0.15, 0.2) is 9.12 Å². The highest BCUT2D eigenvalue weighted by molar-refractivity contribution is 6.52. The number of hydrogen-bond donors (Lipinski definition) is 0. The second kappa shape index (κ2) is 4.39. The van der Waals surface area contributed by atoms with Gasteiger partial charge in [-0.1, -0.05) is 20.8 Å². The first-order valence-corrected chi connectivity index (χ1v) is 6.42. The van der Waals surface area contributed by atoms with Crippen molar-refractivity contribution in [1.82, 2.24) is 9.13 Å². The molecule has 0 aliphatic heterocycles. The Kier molecular flexibility index (Phi) is 4.44. The van der Waals surface area contributed by atoms with E-state index in [0.29, 0.717) is 5.41 Å². The van der Waals surface area contributed by atoms with Crippen LogP contribution in [0.25, 0.3) is 0 Å². The average molecular weight is 188 g/mol. The third-order valence-electron chi connectivity index (χ3n) is 1.99. The molecule has 0 aromatic heterocycles. The first-order valence-electron chi connectivity index (χ1n) is 4.57. The van der Waals surface area contributed by atoms with Gasteiger partial charge in [0.2, 0.25) is 0 Å². The zero-order chi connectivity index (χ0) is 9.94. The Morgan fingerprint density at radius 2 is 1.25 bits per heavy atom. The molecule has 0 atom stereocenters. The molecule has 0 rings (SSSR count). The van der Waals surface area contributed by atoms with Crippen molar-refractivity contribution in [3.05, 3.63) is 0 Å². The van der Waals surface area contributed by atoms with E-state index < -0.39 is 9.12 Å². The molecule has 3 heteroatoms. The third kappa shape index (κ3) is 4.90. The van der Waals surface area contributed by atoms with Crippen molar-refractivity contribution in [3.8, 4) is 0 Å². The third-order valence-corrected chi connectivity index (χ3v) is 5.96. The molecule has 12 heavy (non-hydrogen) atoms. The summed E-state index contributed by atoms with van der Waals surface area (Å²) in [4.78, 5) is 0. The molecule has 0 bridgehead atoms. The molecule has 0 spiro atoms. The highest BCUT2D eigenvalue weighted by Gasteiger charge is 2.23. The van der Waals surface area contributed by atoms with Gasteiger partial charge in [-0.25, -0.2) is 0 Å². The molecular formula is C9H24N2Si. The van der Waals surface area contributed by atoms with E-state index in [0.717, 1.165) is 0 Å². The molecule has 0 amide bonds. The van der Waals surface area contributed by atoms with Crippen molar-refractivity contribution in [3.63, 3.8) is 0 Å². The lowest BCUT2D eigenvalue weighted by Crippen LogP contribution is -2.47. The summed E-state index contributed by atoms with van der Waals surface area (Å²) in [7, 11) is 7.95. The van der Waals surface area contributed by atoms with Gasteiger partial charge in [0.1, 0.15) is 0 Å². The van der Waals surface area contributed by atoms with Gasteiger partial charge >= 0.3 is 0 Å². The minimum absolute atomic E-state index is 0.464. The second-order valence-corrected chi connectivity index (χ2v) is 8.61. The zero-order valence-electron chi connectivity index (χ0n) is 9.68. The lowest BCUT2D eigenvalue weighted by atomic mass is 10.0. The molecular weight excluding hydrogens is 164 g/mol. The summed E-state index contributed by atoms with van der Waals surface area (Å²) in [6.07, 6.45) is 0. The topological polar surface area (TPSA) is 6.48 Å². The van der Waals surface area contributed by atoms with Crippen LogP contribution in [0.4, 0.5) is 0 Å². The molecule has 0 radical (unpaired) electrons. The Morgan fingerprint density at radius 1 is 0.917 bits per heavy atom. The standard InChI is InChI=1S/C9H24N2Si/c1-9(2,3)8-12(10(4)5)11(6)7/h12H,8H2,1-7H3. The van der Waals surface area contributed by atoms with E-state index in [1.54, 1.807) is 0 Å². The van der Waals surface area contributed by atoms with Gasteiger partial charge < -0.3 is 9.13 Å². The summed E-state index contributed by atoms with van der Waals surface area (Å²) in [5, 5.41) is 0. The number of nitrogens with zero attached hydrogens (tertiary/aromatic N) is 2. The van der Waals surface area contributed by atoms with Crippen LogP contribution in [0.3, 0.4) is 0 Å². The van der Waals surface area contributed by atoms with E-state index in [1.807, 2.05) is 0 Å². The Morgan fingerprint density at radius 3 is 1.33 bits per heavy atom. The van der Waals surface area contributed by atoms with Crippen LogP contribution in [0.2, 0.25) is 6.04 Å². The number of hydrogen-bond acceptors (Lipinski definition) is 2. The SMILES string of the molecule is CN(C)[SiH](CC(C)(C)C)N(C)C. The maximum absolute atomic E-state index is 2.41. The van der Waals surface area contributed by atoms with E-state index >= 15 is 0 Å². The maximum Gasteiger partial charge on any atom is 0.189 e. The minimum Gasteiger partial charge on any atom is -0.320 e. The maximum atomic E-state index is 2.41. The fourth-order valence-electron chi connectivity index (χ4n) is 1.37. The summed E-state index contributed by atoms with van der Waals surface area (Å²) in [6.45, 7) is 6.96. The van der Waals surface area contributed by atoms with Crippen LogP contribution < -0.4 is 0 Å². The van der Waals surface area contributed by atoms with Crippen molar-refractivity contribution >= 4 is 9.12 Å². The van der Waals surface area contributed by atoms with Gasteiger partial charge in [-0.3, -0.25) is 0 Å². The van der Waals surface area contributed by atoms with Gasteiger partial charge in [0.05, 0.1) is 0 Å². The zero-order valence-corrected chi connectivity index (χ0v) is 10.8.